The molecule has 2 aliphatic rings. The molecule has 0 bridgehead atoms. The summed E-state index contributed by atoms with van der Waals surface area (Å²) in [5.74, 6) is -0.262. The Morgan fingerprint density at radius 1 is 1.11 bits per heavy atom. The van der Waals surface area contributed by atoms with Crippen molar-refractivity contribution < 1.29 is 22.4 Å². The van der Waals surface area contributed by atoms with Crippen molar-refractivity contribution in [3.63, 3.8) is 0 Å². The number of nitrogens with zero attached hydrogens (tertiary/aromatic N) is 6. The van der Waals surface area contributed by atoms with Crippen molar-refractivity contribution in [2.45, 2.75) is 31.6 Å². The lowest BCUT2D eigenvalue weighted by atomic mass is 9.99. The monoisotopic (exact) mass is 530 g/mol. The van der Waals surface area contributed by atoms with Crippen molar-refractivity contribution >= 4 is 23.6 Å². The number of benzene rings is 1. The number of alkyl halides is 3. The van der Waals surface area contributed by atoms with Gasteiger partial charge >= 0.3 is 12.2 Å². The molecule has 0 aliphatic carbocycles. The maximum absolute atomic E-state index is 13.3. The molecular formula is C25H26F4N8O. The predicted octanol–water partition coefficient (Wildman–Crippen LogP) is 4.24. The minimum Gasteiger partial charge on any atom is -0.376 e. The van der Waals surface area contributed by atoms with Crippen LogP contribution in [0.4, 0.5) is 33.9 Å². The molecule has 0 atom stereocenters. The van der Waals surface area contributed by atoms with Crippen LogP contribution in [0.1, 0.15) is 29.5 Å². The minimum atomic E-state index is -4.80. The molecule has 1 saturated heterocycles. The van der Waals surface area contributed by atoms with Gasteiger partial charge in [-0.15, -0.1) is 10.2 Å². The van der Waals surface area contributed by atoms with Crippen molar-refractivity contribution in [1.29, 1.82) is 0 Å². The standard InChI is InChI=1S/C25H26F4N8O/c1-35-10-8-17-18(14-35)23(34-33-22(17)21-5-9-30-36(21)2)37-11-6-16(7-12-37)31-24(38)32-20-4-3-15(26)13-19(20)25(27,28)29/h3-5,8-10,13,16H,6-7,11-12,14H2,1-2H3,(H2,31,32,38). The average Bonchev–Trinajstić information content (AvgIpc) is 3.29. The summed E-state index contributed by atoms with van der Waals surface area (Å²) in [5.41, 5.74) is 1.90. The van der Waals surface area contributed by atoms with Crippen molar-refractivity contribution in [3.8, 4) is 11.4 Å². The Kier molecular flexibility index (Phi) is 6.67. The average molecular weight is 531 g/mol. The molecular weight excluding hydrogens is 504 g/mol. The van der Waals surface area contributed by atoms with Crippen molar-refractivity contribution in [1.82, 2.24) is 30.2 Å². The summed E-state index contributed by atoms with van der Waals surface area (Å²) < 4.78 is 54.8. The van der Waals surface area contributed by atoms with Crippen LogP contribution in [0.3, 0.4) is 0 Å². The van der Waals surface area contributed by atoms with Gasteiger partial charge in [-0.2, -0.15) is 18.3 Å². The number of anilines is 2. The number of halogens is 4. The van der Waals surface area contributed by atoms with E-state index in [1.165, 1.54) is 0 Å². The van der Waals surface area contributed by atoms with Gasteiger partial charge in [0.25, 0.3) is 0 Å². The van der Waals surface area contributed by atoms with Crippen LogP contribution >= 0.6 is 0 Å². The van der Waals surface area contributed by atoms with Crippen LogP contribution < -0.4 is 15.5 Å². The van der Waals surface area contributed by atoms with Gasteiger partial charge < -0.3 is 20.4 Å². The highest BCUT2D eigenvalue weighted by molar-refractivity contribution is 5.90. The quantitative estimate of drug-likeness (QED) is 0.491. The molecule has 9 nitrogen and oxygen atoms in total. The van der Waals surface area contributed by atoms with Gasteiger partial charge in [0.1, 0.15) is 11.5 Å². The zero-order chi connectivity index (χ0) is 27.0. The highest BCUT2D eigenvalue weighted by atomic mass is 19.4. The molecule has 38 heavy (non-hydrogen) atoms. The molecule has 2 aliphatic heterocycles. The van der Waals surface area contributed by atoms with Gasteiger partial charge in [0.2, 0.25) is 0 Å². The van der Waals surface area contributed by atoms with Crippen LogP contribution in [0.25, 0.3) is 17.5 Å². The molecule has 1 aromatic carbocycles. The van der Waals surface area contributed by atoms with Gasteiger partial charge in [-0.3, -0.25) is 4.68 Å². The number of carbonyl (C=O) groups excluding carboxylic acids is 1. The highest BCUT2D eigenvalue weighted by Gasteiger charge is 2.35. The predicted molar refractivity (Wildman–Crippen MR) is 134 cm³/mol. The number of urea groups is 1. The largest absolute Gasteiger partial charge is 0.418 e. The number of aryl methyl sites for hydroxylation is 1. The van der Waals surface area contributed by atoms with Crippen LogP contribution in [-0.4, -0.2) is 57.1 Å². The maximum Gasteiger partial charge on any atom is 0.418 e. The van der Waals surface area contributed by atoms with Crippen molar-refractivity contribution in [2.24, 2.45) is 7.05 Å². The first-order valence-electron chi connectivity index (χ1n) is 12.1. The fraction of sp³-hybridized carbons (Fsp3) is 0.360. The van der Waals surface area contributed by atoms with Crippen LogP contribution in [0, 0.1) is 5.82 Å². The normalized spacial score (nSPS) is 15.9. The lowest BCUT2D eigenvalue weighted by Crippen LogP contribution is -2.46. The third kappa shape index (κ3) is 5.13. The number of carbonyl (C=O) groups is 1. The second-order valence-electron chi connectivity index (χ2n) is 9.38. The Morgan fingerprint density at radius 3 is 2.55 bits per heavy atom. The van der Waals surface area contributed by atoms with E-state index in [0.717, 1.165) is 40.5 Å². The smallest absolute Gasteiger partial charge is 0.376 e. The lowest BCUT2D eigenvalue weighted by molar-refractivity contribution is -0.137. The number of aromatic nitrogens is 4. The van der Waals surface area contributed by atoms with Crippen molar-refractivity contribution in [2.75, 3.05) is 30.4 Å². The van der Waals surface area contributed by atoms with E-state index in [4.69, 9.17) is 0 Å². The summed E-state index contributed by atoms with van der Waals surface area (Å²) in [4.78, 5) is 16.6. The SMILES string of the molecule is CN1C=Cc2c(-c3ccnn3C)nnc(N3CCC(NC(=O)Nc4ccc(F)cc4C(F)(F)F)CC3)c2C1. The molecule has 0 spiro atoms. The Bertz CT molecular complexity index is 1380. The summed E-state index contributed by atoms with van der Waals surface area (Å²) in [6.45, 7) is 1.81. The van der Waals surface area contributed by atoms with Crippen LogP contribution in [0.15, 0.2) is 36.7 Å². The van der Waals surface area contributed by atoms with Gasteiger partial charge in [-0.05, 0) is 49.4 Å². The number of amides is 2. The molecule has 0 saturated carbocycles. The number of piperidine rings is 1. The van der Waals surface area contributed by atoms with Crippen LogP contribution in [0.2, 0.25) is 0 Å². The van der Waals surface area contributed by atoms with E-state index >= 15 is 0 Å². The molecule has 200 valence electrons. The Morgan fingerprint density at radius 2 is 1.87 bits per heavy atom. The topological polar surface area (TPSA) is 91.2 Å². The van der Waals surface area contributed by atoms with E-state index in [1.807, 2.05) is 32.4 Å². The summed E-state index contributed by atoms with van der Waals surface area (Å²) in [5, 5.41) is 18.3. The minimum absolute atomic E-state index is 0.249. The van der Waals surface area contributed by atoms with E-state index in [9.17, 15) is 22.4 Å². The second kappa shape index (κ2) is 9.95. The summed E-state index contributed by atoms with van der Waals surface area (Å²) in [7, 11) is 3.83. The van der Waals surface area contributed by atoms with Crippen molar-refractivity contribution in [3.05, 3.63) is 59.2 Å². The van der Waals surface area contributed by atoms with Gasteiger partial charge in [-0.25, -0.2) is 9.18 Å². The Labute approximate surface area is 216 Å². The maximum atomic E-state index is 13.3. The van der Waals surface area contributed by atoms with E-state index < -0.39 is 29.3 Å². The molecule has 0 radical (unpaired) electrons. The van der Waals surface area contributed by atoms with Gasteiger partial charge in [-0.1, -0.05) is 0 Å². The molecule has 3 aromatic rings. The number of hydrogen-bond acceptors (Lipinski definition) is 6. The van der Waals surface area contributed by atoms with Gasteiger partial charge in [0.05, 0.1) is 16.9 Å². The number of hydrogen-bond donors (Lipinski definition) is 2. The summed E-state index contributed by atoms with van der Waals surface area (Å²) in [6, 6.07) is 3.01. The third-order valence-corrected chi connectivity index (χ3v) is 6.73. The van der Waals surface area contributed by atoms with Gasteiger partial charge in [0.15, 0.2) is 5.82 Å². The van der Waals surface area contributed by atoms with Crippen LogP contribution in [-0.2, 0) is 19.8 Å². The lowest BCUT2D eigenvalue weighted by Gasteiger charge is -2.35. The first kappa shape index (κ1) is 25.5. The molecule has 1 fully saturated rings. The molecule has 2 aromatic heterocycles. The highest BCUT2D eigenvalue weighted by Crippen LogP contribution is 2.36. The molecule has 13 heteroatoms. The number of rotatable bonds is 4. The zero-order valence-electron chi connectivity index (χ0n) is 20.8. The first-order chi connectivity index (χ1) is 18.1. The number of fused-ring (bicyclic) bond motifs is 1. The Hall–Kier alpha value is -4.16. The molecule has 0 unspecified atom stereocenters. The van der Waals surface area contributed by atoms with E-state index in [1.54, 1.807) is 10.9 Å². The van der Waals surface area contributed by atoms with Crippen LogP contribution in [0.5, 0.6) is 0 Å². The van der Waals surface area contributed by atoms with E-state index in [0.29, 0.717) is 38.5 Å². The fourth-order valence-electron chi connectivity index (χ4n) is 4.80. The Balaban J connectivity index is 1.27. The molecule has 2 N–H and O–H groups in total. The third-order valence-electron chi connectivity index (χ3n) is 6.73. The van der Waals surface area contributed by atoms with Gasteiger partial charge in [0, 0.05) is 57.1 Å². The van der Waals surface area contributed by atoms with E-state index in [-0.39, 0.29) is 6.04 Å². The second-order valence-corrected chi connectivity index (χ2v) is 9.38. The fourth-order valence-corrected chi connectivity index (χ4v) is 4.80. The first-order valence-corrected chi connectivity index (χ1v) is 12.1. The molecule has 5 rings (SSSR count). The zero-order valence-corrected chi connectivity index (χ0v) is 20.8. The van der Waals surface area contributed by atoms with E-state index in [2.05, 4.69) is 35.7 Å². The molecule has 4 heterocycles. The molecule has 2 amide bonds. The summed E-state index contributed by atoms with van der Waals surface area (Å²) in [6.07, 6.45) is 2.05. The summed E-state index contributed by atoms with van der Waals surface area (Å²) >= 11 is 0. The number of nitrogens with one attached hydrogen (secondary N) is 2.